The summed E-state index contributed by atoms with van der Waals surface area (Å²) in [5, 5.41) is 0. The van der Waals surface area contributed by atoms with Crippen molar-refractivity contribution in [2.75, 3.05) is 13.1 Å². The fraction of sp³-hybridized carbons (Fsp3) is 0.938. The standard InChI is InChI=1S/C16H33NO/c1-13(2)9-7-11-17(16(18)15(5)6)12-8-10-14(3)4/h13-15H,7-12H2,1-6H3. The maximum Gasteiger partial charge on any atom is 0.225 e. The van der Waals surface area contributed by atoms with E-state index in [2.05, 4.69) is 32.6 Å². The first-order valence-corrected chi connectivity index (χ1v) is 7.63. The van der Waals surface area contributed by atoms with Crippen LogP contribution in [0.3, 0.4) is 0 Å². The topological polar surface area (TPSA) is 20.3 Å². The molecule has 0 aliphatic rings. The van der Waals surface area contributed by atoms with E-state index in [4.69, 9.17) is 0 Å². The number of hydrogen-bond donors (Lipinski definition) is 0. The molecular formula is C16H33NO. The van der Waals surface area contributed by atoms with Crippen molar-refractivity contribution in [1.82, 2.24) is 4.90 Å². The highest BCUT2D eigenvalue weighted by Crippen LogP contribution is 2.11. The van der Waals surface area contributed by atoms with E-state index in [1.165, 1.54) is 12.8 Å². The molecule has 0 aromatic rings. The number of carbonyl (C=O) groups is 1. The molecule has 0 unspecified atom stereocenters. The van der Waals surface area contributed by atoms with Gasteiger partial charge in [0.05, 0.1) is 0 Å². The first-order valence-electron chi connectivity index (χ1n) is 7.63. The van der Waals surface area contributed by atoms with E-state index < -0.39 is 0 Å². The second-order valence-corrected chi connectivity index (χ2v) is 6.55. The van der Waals surface area contributed by atoms with Crippen LogP contribution in [0.25, 0.3) is 0 Å². The molecule has 108 valence electrons. The molecule has 0 aliphatic heterocycles. The van der Waals surface area contributed by atoms with E-state index in [9.17, 15) is 4.79 Å². The Hall–Kier alpha value is -0.530. The Labute approximate surface area is 114 Å². The van der Waals surface area contributed by atoms with Crippen LogP contribution in [0.4, 0.5) is 0 Å². The maximum atomic E-state index is 12.1. The Bertz CT molecular complexity index is 207. The fourth-order valence-electron chi connectivity index (χ4n) is 2.08. The quantitative estimate of drug-likeness (QED) is 0.600. The van der Waals surface area contributed by atoms with Crippen LogP contribution in [-0.2, 0) is 4.79 Å². The molecule has 0 spiro atoms. The maximum absolute atomic E-state index is 12.1. The van der Waals surface area contributed by atoms with E-state index in [1.54, 1.807) is 0 Å². The monoisotopic (exact) mass is 255 g/mol. The molecule has 2 nitrogen and oxygen atoms in total. The van der Waals surface area contributed by atoms with Crippen molar-refractivity contribution in [2.24, 2.45) is 17.8 Å². The Morgan fingerprint density at radius 1 is 0.833 bits per heavy atom. The Kier molecular flexibility index (Phi) is 9.13. The number of hydrogen-bond acceptors (Lipinski definition) is 1. The molecule has 0 rings (SSSR count). The van der Waals surface area contributed by atoms with E-state index in [0.717, 1.165) is 37.8 Å². The Balaban J connectivity index is 4.12. The highest BCUT2D eigenvalue weighted by atomic mass is 16.2. The molecule has 0 saturated heterocycles. The van der Waals surface area contributed by atoms with Gasteiger partial charge in [-0.2, -0.15) is 0 Å². The van der Waals surface area contributed by atoms with Crippen molar-refractivity contribution in [3.05, 3.63) is 0 Å². The molecule has 18 heavy (non-hydrogen) atoms. The predicted octanol–water partition coefficient (Wildman–Crippen LogP) is 4.34. The second-order valence-electron chi connectivity index (χ2n) is 6.55. The van der Waals surface area contributed by atoms with Gasteiger partial charge in [-0.25, -0.2) is 0 Å². The third kappa shape index (κ3) is 8.54. The molecule has 0 bridgehead atoms. The molecule has 0 fully saturated rings. The summed E-state index contributed by atoms with van der Waals surface area (Å²) in [7, 11) is 0. The fourth-order valence-corrected chi connectivity index (χ4v) is 2.08. The van der Waals surface area contributed by atoms with Gasteiger partial charge in [-0.05, 0) is 37.5 Å². The first kappa shape index (κ1) is 17.5. The van der Waals surface area contributed by atoms with Gasteiger partial charge in [-0.3, -0.25) is 4.79 Å². The predicted molar refractivity (Wildman–Crippen MR) is 79.6 cm³/mol. The molecule has 0 aromatic heterocycles. The molecule has 0 heterocycles. The minimum Gasteiger partial charge on any atom is -0.342 e. The van der Waals surface area contributed by atoms with Crippen LogP contribution in [0.2, 0.25) is 0 Å². The third-order valence-corrected chi connectivity index (χ3v) is 3.22. The number of nitrogens with zero attached hydrogens (tertiary/aromatic N) is 1. The van der Waals surface area contributed by atoms with E-state index in [0.29, 0.717) is 5.91 Å². The SMILES string of the molecule is CC(C)CCCN(CCCC(C)C)C(=O)C(C)C. The van der Waals surface area contributed by atoms with Gasteiger partial charge in [0.1, 0.15) is 0 Å². The van der Waals surface area contributed by atoms with Crippen LogP contribution in [0, 0.1) is 17.8 Å². The van der Waals surface area contributed by atoms with E-state index >= 15 is 0 Å². The van der Waals surface area contributed by atoms with Gasteiger partial charge in [0, 0.05) is 19.0 Å². The van der Waals surface area contributed by atoms with E-state index in [-0.39, 0.29) is 5.92 Å². The van der Waals surface area contributed by atoms with Gasteiger partial charge in [0.25, 0.3) is 0 Å². The van der Waals surface area contributed by atoms with Crippen molar-refractivity contribution in [2.45, 2.75) is 67.2 Å². The third-order valence-electron chi connectivity index (χ3n) is 3.22. The molecule has 0 N–H and O–H groups in total. The lowest BCUT2D eigenvalue weighted by Gasteiger charge is -2.25. The summed E-state index contributed by atoms with van der Waals surface area (Å²) in [4.78, 5) is 14.2. The van der Waals surface area contributed by atoms with Crippen LogP contribution in [0.5, 0.6) is 0 Å². The Morgan fingerprint density at radius 3 is 1.50 bits per heavy atom. The molecule has 0 aliphatic carbocycles. The lowest BCUT2D eigenvalue weighted by Crippen LogP contribution is -2.36. The van der Waals surface area contributed by atoms with Crippen molar-refractivity contribution < 1.29 is 4.79 Å². The van der Waals surface area contributed by atoms with Crippen molar-refractivity contribution in [3.8, 4) is 0 Å². The summed E-state index contributed by atoms with van der Waals surface area (Å²) in [6, 6.07) is 0. The zero-order valence-electron chi connectivity index (χ0n) is 13.3. The van der Waals surface area contributed by atoms with Gasteiger partial charge in [-0.1, -0.05) is 41.5 Å². The molecule has 0 saturated carbocycles. The minimum atomic E-state index is 0.128. The van der Waals surface area contributed by atoms with Gasteiger partial charge >= 0.3 is 0 Å². The zero-order chi connectivity index (χ0) is 14.1. The van der Waals surface area contributed by atoms with Crippen LogP contribution >= 0.6 is 0 Å². The van der Waals surface area contributed by atoms with Gasteiger partial charge in [0.15, 0.2) is 0 Å². The van der Waals surface area contributed by atoms with Gasteiger partial charge in [-0.15, -0.1) is 0 Å². The van der Waals surface area contributed by atoms with Gasteiger partial charge in [0.2, 0.25) is 5.91 Å². The lowest BCUT2D eigenvalue weighted by molar-refractivity contribution is -0.134. The van der Waals surface area contributed by atoms with Crippen LogP contribution in [0.15, 0.2) is 0 Å². The average molecular weight is 255 g/mol. The van der Waals surface area contributed by atoms with Crippen molar-refractivity contribution in [3.63, 3.8) is 0 Å². The smallest absolute Gasteiger partial charge is 0.225 e. The zero-order valence-corrected chi connectivity index (χ0v) is 13.3. The van der Waals surface area contributed by atoms with Crippen LogP contribution < -0.4 is 0 Å². The highest BCUT2D eigenvalue weighted by molar-refractivity contribution is 5.78. The summed E-state index contributed by atoms with van der Waals surface area (Å²) in [5.41, 5.74) is 0. The minimum absolute atomic E-state index is 0.128. The van der Waals surface area contributed by atoms with E-state index in [1.807, 2.05) is 13.8 Å². The second kappa shape index (κ2) is 9.41. The first-order chi connectivity index (χ1) is 8.34. The number of rotatable bonds is 9. The largest absolute Gasteiger partial charge is 0.342 e. The highest BCUT2D eigenvalue weighted by Gasteiger charge is 2.16. The van der Waals surface area contributed by atoms with Crippen LogP contribution in [0.1, 0.15) is 67.2 Å². The summed E-state index contributed by atoms with van der Waals surface area (Å²) < 4.78 is 0. The Morgan fingerprint density at radius 2 is 1.22 bits per heavy atom. The average Bonchev–Trinajstić information content (AvgIpc) is 2.25. The summed E-state index contributed by atoms with van der Waals surface area (Å²) in [6.45, 7) is 14.8. The molecule has 0 aromatic carbocycles. The summed E-state index contributed by atoms with van der Waals surface area (Å²) in [6.07, 6.45) is 4.70. The van der Waals surface area contributed by atoms with Gasteiger partial charge < -0.3 is 4.90 Å². The van der Waals surface area contributed by atoms with Crippen molar-refractivity contribution >= 4 is 5.91 Å². The van der Waals surface area contributed by atoms with Crippen molar-refractivity contribution in [1.29, 1.82) is 0 Å². The van der Waals surface area contributed by atoms with Crippen LogP contribution in [-0.4, -0.2) is 23.9 Å². The lowest BCUT2D eigenvalue weighted by atomic mass is 10.1. The molecule has 1 amide bonds. The normalized spacial score (nSPS) is 11.6. The number of amides is 1. The molecule has 0 radical (unpaired) electrons. The summed E-state index contributed by atoms with van der Waals surface area (Å²) >= 11 is 0. The number of carbonyl (C=O) groups excluding carboxylic acids is 1. The molecule has 2 heteroatoms. The molecule has 0 atom stereocenters. The summed E-state index contributed by atoms with van der Waals surface area (Å²) in [5.74, 6) is 1.92. The molecular weight excluding hydrogens is 222 g/mol.